The van der Waals surface area contributed by atoms with Crippen LogP contribution in [0.5, 0.6) is 0 Å². The van der Waals surface area contributed by atoms with Gasteiger partial charge in [-0.1, -0.05) is 0 Å². The Morgan fingerprint density at radius 3 is 1.21 bits per heavy atom. The van der Waals surface area contributed by atoms with Gasteiger partial charge in [-0.3, -0.25) is 0 Å². The van der Waals surface area contributed by atoms with Crippen LogP contribution < -0.4 is 15.9 Å². The van der Waals surface area contributed by atoms with E-state index in [0.29, 0.717) is 5.56 Å². The van der Waals surface area contributed by atoms with E-state index in [2.05, 4.69) is 0 Å². The maximum absolute atomic E-state index is 16.6. The standard InChI is InChI=1S/C25H21F2P/c26-21-18-16-20(17-19-21)25(27)28(22-10-4-1-5-11-22,23-12-6-2-7-13-23)24-14-8-3-9-15-24/h1-19,25,28H. The minimum atomic E-state index is -3.07. The zero-order valence-corrected chi connectivity index (χ0v) is 16.3. The van der Waals surface area contributed by atoms with Crippen molar-refractivity contribution in [3.63, 3.8) is 0 Å². The van der Waals surface area contributed by atoms with Gasteiger partial charge in [0.2, 0.25) is 0 Å². The van der Waals surface area contributed by atoms with Crippen LogP contribution >= 0.6 is 7.26 Å². The fourth-order valence-electron chi connectivity index (χ4n) is 3.92. The van der Waals surface area contributed by atoms with E-state index >= 15 is 4.39 Å². The van der Waals surface area contributed by atoms with Gasteiger partial charge < -0.3 is 0 Å². The number of hydrogen-bond acceptors (Lipinski definition) is 0. The van der Waals surface area contributed by atoms with Crippen molar-refractivity contribution < 1.29 is 8.78 Å². The minimum absolute atomic E-state index is 0.359. The van der Waals surface area contributed by atoms with Crippen molar-refractivity contribution in [3.8, 4) is 0 Å². The SMILES string of the molecule is Fc1ccc(C(F)[PH](c2ccccc2)(c2ccccc2)c2ccccc2)cc1. The molecule has 0 saturated heterocycles. The predicted molar refractivity (Wildman–Crippen MR) is 117 cm³/mol. The molecule has 0 nitrogen and oxygen atoms in total. The van der Waals surface area contributed by atoms with Crippen molar-refractivity contribution in [1.29, 1.82) is 0 Å². The molecule has 1 unspecified atom stereocenters. The second kappa shape index (κ2) is 8.04. The first kappa shape index (κ1) is 18.5. The molecule has 0 radical (unpaired) electrons. The summed E-state index contributed by atoms with van der Waals surface area (Å²) < 4.78 is 30.1. The third-order valence-corrected chi connectivity index (χ3v) is 10.1. The average Bonchev–Trinajstić information content (AvgIpc) is 2.77. The Kier molecular flexibility index (Phi) is 5.32. The Morgan fingerprint density at radius 1 is 0.500 bits per heavy atom. The molecule has 0 bridgehead atoms. The van der Waals surface area contributed by atoms with Gasteiger partial charge in [-0.05, 0) is 0 Å². The van der Waals surface area contributed by atoms with E-state index in [9.17, 15) is 4.39 Å². The summed E-state index contributed by atoms with van der Waals surface area (Å²) in [5.74, 6) is -1.62. The summed E-state index contributed by atoms with van der Waals surface area (Å²) in [5, 5.41) is 2.97. The first-order valence-electron chi connectivity index (χ1n) is 9.29. The van der Waals surface area contributed by atoms with Crippen LogP contribution in [0.2, 0.25) is 0 Å². The van der Waals surface area contributed by atoms with Crippen LogP contribution in [0, 0.1) is 5.82 Å². The number of alkyl halides is 1. The van der Waals surface area contributed by atoms with Gasteiger partial charge in [0.15, 0.2) is 0 Å². The zero-order chi connectivity index (χ0) is 19.4. The molecule has 1 atom stereocenters. The first-order chi connectivity index (χ1) is 13.7. The van der Waals surface area contributed by atoms with Gasteiger partial charge in [0.1, 0.15) is 0 Å². The van der Waals surface area contributed by atoms with Crippen LogP contribution in [-0.4, -0.2) is 0 Å². The molecule has 0 aliphatic rings. The molecule has 28 heavy (non-hydrogen) atoms. The van der Waals surface area contributed by atoms with Crippen molar-refractivity contribution in [1.82, 2.24) is 0 Å². The summed E-state index contributed by atoms with van der Waals surface area (Å²) in [6.07, 6.45) is 0. The van der Waals surface area contributed by atoms with Crippen LogP contribution in [0.4, 0.5) is 8.78 Å². The number of hydrogen-bond donors (Lipinski definition) is 0. The maximum atomic E-state index is 16.6. The van der Waals surface area contributed by atoms with Crippen molar-refractivity contribution in [2.75, 3.05) is 0 Å². The molecule has 0 aliphatic carbocycles. The Hall–Kier alpha value is -2.83. The topological polar surface area (TPSA) is 0 Å². The Morgan fingerprint density at radius 2 is 0.857 bits per heavy atom. The summed E-state index contributed by atoms with van der Waals surface area (Å²) in [6.45, 7) is 0. The van der Waals surface area contributed by atoms with E-state index in [1.807, 2.05) is 91.0 Å². The van der Waals surface area contributed by atoms with E-state index in [0.717, 1.165) is 15.9 Å². The van der Waals surface area contributed by atoms with Crippen LogP contribution in [0.1, 0.15) is 11.5 Å². The molecule has 0 spiro atoms. The van der Waals surface area contributed by atoms with Crippen molar-refractivity contribution >= 4 is 23.2 Å². The van der Waals surface area contributed by atoms with Gasteiger partial charge in [-0.2, -0.15) is 0 Å². The van der Waals surface area contributed by atoms with E-state index in [-0.39, 0.29) is 5.82 Å². The average molecular weight is 390 g/mol. The molecule has 4 aromatic carbocycles. The first-order valence-corrected chi connectivity index (χ1v) is 11.4. The van der Waals surface area contributed by atoms with Crippen molar-refractivity contribution in [2.24, 2.45) is 0 Å². The van der Waals surface area contributed by atoms with Gasteiger partial charge in [-0.25, -0.2) is 0 Å². The molecule has 4 aromatic rings. The van der Waals surface area contributed by atoms with Crippen LogP contribution in [0.3, 0.4) is 0 Å². The monoisotopic (exact) mass is 390 g/mol. The zero-order valence-electron chi connectivity index (χ0n) is 15.3. The van der Waals surface area contributed by atoms with Crippen LogP contribution in [0.25, 0.3) is 0 Å². The third kappa shape index (κ3) is 3.25. The second-order valence-electron chi connectivity index (χ2n) is 6.82. The molecule has 0 saturated carbocycles. The predicted octanol–water partition coefficient (Wildman–Crippen LogP) is 5.52. The second-order valence-corrected chi connectivity index (χ2v) is 10.7. The fraction of sp³-hybridized carbons (Fsp3) is 0.0400. The fourth-order valence-corrected chi connectivity index (χ4v) is 8.65. The van der Waals surface area contributed by atoms with Crippen LogP contribution in [0.15, 0.2) is 115 Å². The van der Waals surface area contributed by atoms with Crippen molar-refractivity contribution in [2.45, 2.75) is 5.91 Å². The normalized spacial score (nSPS) is 13.1. The molecule has 4 rings (SSSR count). The summed E-state index contributed by atoms with van der Waals surface area (Å²) in [5.41, 5.74) is 0.504. The molecule has 0 aromatic heterocycles. The summed E-state index contributed by atoms with van der Waals surface area (Å²) in [7, 11) is -3.07. The van der Waals surface area contributed by atoms with Crippen molar-refractivity contribution in [3.05, 3.63) is 127 Å². The molecule has 0 heterocycles. The molecular weight excluding hydrogens is 369 g/mol. The molecule has 140 valence electrons. The number of halogens is 2. The van der Waals surface area contributed by atoms with E-state index < -0.39 is 13.2 Å². The summed E-state index contributed by atoms with van der Waals surface area (Å²) in [4.78, 5) is 0. The van der Waals surface area contributed by atoms with Gasteiger partial charge in [-0.15, -0.1) is 0 Å². The van der Waals surface area contributed by atoms with Gasteiger partial charge in [0, 0.05) is 0 Å². The quantitative estimate of drug-likeness (QED) is 0.394. The van der Waals surface area contributed by atoms with E-state index in [4.69, 9.17) is 0 Å². The number of rotatable bonds is 5. The van der Waals surface area contributed by atoms with Gasteiger partial charge in [0.05, 0.1) is 0 Å². The summed E-state index contributed by atoms with van der Waals surface area (Å²) in [6, 6.07) is 35.5. The Balaban J connectivity index is 2.05. The Labute approximate surface area is 164 Å². The number of benzene rings is 4. The van der Waals surface area contributed by atoms with E-state index in [1.165, 1.54) is 12.1 Å². The summed E-state index contributed by atoms with van der Waals surface area (Å²) >= 11 is 0. The van der Waals surface area contributed by atoms with Crippen LogP contribution in [-0.2, 0) is 0 Å². The molecule has 0 fully saturated rings. The van der Waals surface area contributed by atoms with Gasteiger partial charge >= 0.3 is 165 Å². The molecular formula is C25H21F2P. The Bertz CT molecular complexity index is 920. The molecule has 0 aliphatic heterocycles. The van der Waals surface area contributed by atoms with Gasteiger partial charge in [0.25, 0.3) is 0 Å². The molecule has 0 amide bonds. The molecule has 3 heteroatoms. The third-order valence-electron chi connectivity index (χ3n) is 5.23. The van der Waals surface area contributed by atoms with E-state index in [1.54, 1.807) is 12.1 Å². The molecule has 0 N–H and O–H groups in total.